The number of benzene rings is 2. The lowest BCUT2D eigenvalue weighted by molar-refractivity contribution is 0.150. The molecule has 5 rings (SSSR count). The summed E-state index contributed by atoms with van der Waals surface area (Å²) in [6, 6.07) is 19.1. The molecule has 0 bridgehead atoms. The van der Waals surface area contributed by atoms with E-state index >= 15 is 0 Å². The van der Waals surface area contributed by atoms with Gasteiger partial charge in [-0.25, -0.2) is 0 Å². The molecule has 0 radical (unpaired) electrons. The van der Waals surface area contributed by atoms with Crippen LogP contribution in [0.25, 0.3) is 5.69 Å². The molecule has 1 N–H and O–H groups in total. The molecule has 2 aliphatic heterocycles. The van der Waals surface area contributed by atoms with Crippen molar-refractivity contribution in [1.82, 2.24) is 9.88 Å². The highest BCUT2D eigenvalue weighted by Gasteiger charge is 2.43. The van der Waals surface area contributed by atoms with Crippen LogP contribution in [-0.2, 0) is 6.61 Å². The zero-order valence-electron chi connectivity index (χ0n) is 17.4. The number of hydrogen-bond acceptors (Lipinski definition) is 4. The van der Waals surface area contributed by atoms with Gasteiger partial charge in [-0.15, -0.1) is 0 Å². The van der Waals surface area contributed by atoms with Crippen LogP contribution in [0.5, 0.6) is 5.75 Å². The van der Waals surface area contributed by atoms with Gasteiger partial charge in [0.05, 0.1) is 16.4 Å². The molecule has 3 heterocycles. The molecule has 0 unspecified atom stereocenters. The van der Waals surface area contributed by atoms with Crippen molar-refractivity contribution in [3.05, 3.63) is 87.8 Å². The number of nitrogens with one attached hydrogen (secondary N) is 1. The maximum atomic E-state index is 12.7. The van der Waals surface area contributed by atoms with E-state index in [9.17, 15) is 4.79 Å². The number of hydrogen-bond donors (Lipinski definition) is 1. The molecule has 5 nitrogen and oxygen atoms in total. The molecule has 6 heteroatoms. The fraction of sp³-hybridized carbons (Fsp3) is 0.320. The minimum atomic E-state index is -0.146. The SMILES string of the molecule is O=c1cc(OCc2ccccc2)ccn1-c1ccc(N2CC3(CCNCC3)C2)c(Cl)c1. The summed E-state index contributed by atoms with van der Waals surface area (Å²) in [6.07, 6.45) is 4.20. The monoisotopic (exact) mass is 435 g/mol. The van der Waals surface area contributed by atoms with Crippen LogP contribution in [0.3, 0.4) is 0 Å². The second-order valence-corrected chi connectivity index (χ2v) is 8.99. The van der Waals surface area contributed by atoms with Gasteiger partial charge in [-0.05, 0) is 55.8 Å². The van der Waals surface area contributed by atoms with Gasteiger partial charge in [0.25, 0.3) is 5.56 Å². The Balaban J connectivity index is 1.28. The van der Waals surface area contributed by atoms with Gasteiger partial charge < -0.3 is 15.0 Å². The molecular formula is C25H26ClN3O2. The first-order valence-corrected chi connectivity index (χ1v) is 11.1. The first kappa shape index (κ1) is 20.2. The zero-order chi connectivity index (χ0) is 21.3. The lowest BCUT2D eigenvalue weighted by Gasteiger charge is -2.53. The molecular weight excluding hydrogens is 410 g/mol. The Kier molecular flexibility index (Phi) is 5.47. The maximum absolute atomic E-state index is 12.7. The molecule has 1 aromatic heterocycles. The molecule has 160 valence electrons. The smallest absolute Gasteiger partial charge is 0.258 e. The molecule has 0 atom stereocenters. The Bertz CT molecular complexity index is 1120. The summed E-state index contributed by atoms with van der Waals surface area (Å²) in [5.74, 6) is 0.556. The largest absolute Gasteiger partial charge is 0.489 e. The predicted octanol–water partition coefficient (Wildman–Crippen LogP) is 4.26. The summed E-state index contributed by atoms with van der Waals surface area (Å²) in [5.41, 5.74) is 3.16. The summed E-state index contributed by atoms with van der Waals surface area (Å²) >= 11 is 6.62. The predicted molar refractivity (Wildman–Crippen MR) is 125 cm³/mol. The van der Waals surface area contributed by atoms with Crippen LogP contribution in [0.4, 0.5) is 5.69 Å². The molecule has 1 spiro atoms. The minimum absolute atomic E-state index is 0.146. The number of pyridine rings is 1. The number of aromatic nitrogens is 1. The van der Waals surface area contributed by atoms with Gasteiger partial charge in [0.15, 0.2) is 0 Å². The van der Waals surface area contributed by atoms with E-state index in [1.165, 1.54) is 18.9 Å². The number of halogens is 1. The summed E-state index contributed by atoms with van der Waals surface area (Å²) in [4.78, 5) is 15.0. The van der Waals surface area contributed by atoms with Crippen LogP contribution in [0.15, 0.2) is 71.7 Å². The van der Waals surface area contributed by atoms with Crippen molar-refractivity contribution in [2.45, 2.75) is 19.4 Å². The number of rotatable bonds is 5. The fourth-order valence-corrected chi connectivity index (χ4v) is 4.91. The molecule has 2 fully saturated rings. The van der Waals surface area contributed by atoms with E-state index in [4.69, 9.17) is 16.3 Å². The minimum Gasteiger partial charge on any atom is -0.489 e. The van der Waals surface area contributed by atoms with Crippen LogP contribution in [0.1, 0.15) is 18.4 Å². The van der Waals surface area contributed by atoms with Crippen molar-refractivity contribution < 1.29 is 4.74 Å². The highest BCUT2D eigenvalue weighted by atomic mass is 35.5. The average Bonchev–Trinajstić information content (AvgIpc) is 2.77. The van der Waals surface area contributed by atoms with E-state index in [0.717, 1.165) is 43.1 Å². The topological polar surface area (TPSA) is 46.5 Å². The Morgan fingerprint density at radius 1 is 1.00 bits per heavy atom. The molecule has 2 saturated heterocycles. The Morgan fingerprint density at radius 3 is 2.48 bits per heavy atom. The van der Waals surface area contributed by atoms with Crippen LogP contribution in [-0.4, -0.2) is 30.7 Å². The molecule has 3 aromatic rings. The van der Waals surface area contributed by atoms with Crippen molar-refractivity contribution in [2.75, 3.05) is 31.1 Å². The van der Waals surface area contributed by atoms with Gasteiger partial charge in [-0.3, -0.25) is 9.36 Å². The summed E-state index contributed by atoms with van der Waals surface area (Å²) in [5, 5.41) is 4.12. The Labute approximate surface area is 187 Å². The van der Waals surface area contributed by atoms with E-state index < -0.39 is 0 Å². The van der Waals surface area contributed by atoms with Gasteiger partial charge in [-0.1, -0.05) is 41.9 Å². The van der Waals surface area contributed by atoms with E-state index in [1.54, 1.807) is 10.8 Å². The third kappa shape index (κ3) is 4.21. The van der Waals surface area contributed by atoms with E-state index in [-0.39, 0.29) is 5.56 Å². The van der Waals surface area contributed by atoms with Crippen molar-refractivity contribution in [2.24, 2.45) is 5.41 Å². The van der Waals surface area contributed by atoms with Gasteiger partial charge in [0, 0.05) is 30.8 Å². The van der Waals surface area contributed by atoms with Crippen LogP contribution < -0.4 is 20.5 Å². The highest BCUT2D eigenvalue weighted by molar-refractivity contribution is 6.33. The molecule has 0 aliphatic carbocycles. The van der Waals surface area contributed by atoms with E-state index in [1.807, 2.05) is 54.6 Å². The lowest BCUT2D eigenvalue weighted by atomic mass is 9.72. The third-order valence-electron chi connectivity index (χ3n) is 6.41. The average molecular weight is 436 g/mol. The van der Waals surface area contributed by atoms with Gasteiger partial charge in [0.1, 0.15) is 12.4 Å². The van der Waals surface area contributed by atoms with Crippen molar-refractivity contribution in [3.63, 3.8) is 0 Å². The summed E-state index contributed by atoms with van der Waals surface area (Å²) in [7, 11) is 0. The summed E-state index contributed by atoms with van der Waals surface area (Å²) < 4.78 is 7.36. The number of nitrogens with zero attached hydrogens (tertiary/aromatic N) is 2. The number of piperidine rings is 1. The van der Waals surface area contributed by atoms with Crippen LogP contribution in [0.2, 0.25) is 5.02 Å². The van der Waals surface area contributed by atoms with Crippen LogP contribution >= 0.6 is 11.6 Å². The first-order chi connectivity index (χ1) is 15.1. The van der Waals surface area contributed by atoms with E-state index in [2.05, 4.69) is 10.2 Å². The molecule has 31 heavy (non-hydrogen) atoms. The Hall–Kier alpha value is -2.76. The summed E-state index contributed by atoms with van der Waals surface area (Å²) in [6.45, 7) is 4.75. The molecule has 2 aromatic carbocycles. The van der Waals surface area contributed by atoms with Gasteiger partial charge in [-0.2, -0.15) is 0 Å². The second-order valence-electron chi connectivity index (χ2n) is 8.59. The van der Waals surface area contributed by atoms with Gasteiger partial charge in [0.2, 0.25) is 0 Å². The normalized spacial score (nSPS) is 17.4. The van der Waals surface area contributed by atoms with Gasteiger partial charge >= 0.3 is 0 Å². The van der Waals surface area contributed by atoms with Crippen molar-refractivity contribution in [1.29, 1.82) is 0 Å². The second kappa shape index (κ2) is 8.40. The number of ether oxygens (including phenoxy) is 1. The fourth-order valence-electron chi connectivity index (χ4n) is 4.61. The van der Waals surface area contributed by atoms with Crippen molar-refractivity contribution >= 4 is 17.3 Å². The third-order valence-corrected chi connectivity index (χ3v) is 6.71. The molecule has 0 amide bonds. The Morgan fingerprint density at radius 2 is 1.77 bits per heavy atom. The molecule has 0 saturated carbocycles. The molecule has 2 aliphatic rings. The van der Waals surface area contributed by atoms with E-state index in [0.29, 0.717) is 22.8 Å². The number of anilines is 1. The van der Waals surface area contributed by atoms with Crippen LogP contribution in [0, 0.1) is 5.41 Å². The first-order valence-electron chi connectivity index (χ1n) is 10.8. The highest BCUT2D eigenvalue weighted by Crippen LogP contribution is 2.43. The quantitative estimate of drug-likeness (QED) is 0.650. The maximum Gasteiger partial charge on any atom is 0.258 e. The lowest BCUT2D eigenvalue weighted by Crippen LogP contribution is -2.60. The van der Waals surface area contributed by atoms with Crippen molar-refractivity contribution in [3.8, 4) is 11.4 Å². The standard InChI is InChI=1S/C25H26ClN3O2/c26-22-14-20(6-7-23(22)28-17-25(18-28)9-11-27-12-10-25)29-13-8-21(15-24(29)30)31-16-19-4-2-1-3-5-19/h1-8,13-15,27H,9-12,16-18H2. The zero-order valence-corrected chi connectivity index (χ0v) is 18.1.